The maximum atomic E-state index is 12.6. The van der Waals surface area contributed by atoms with E-state index in [1.807, 2.05) is 36.4 Å². The first-order valence-electron chi connectivity index (χ1n) is 8.73. The lowest BCUT2D eigenvalue weighted by molar-refractivity contribution is -0.143. The Hall–Kier alpha value is -3.52. The second-order valence-electron chi connectivity index (χ2n) is 6.06. The fourth-order valence-electron chi connectivity index (χ4n) is 2.47. The molecule has 0 atom stereocenters. The number of hydrogen-bond acceptors (Lipinski definition) is 6. The van der Waals surface area contributed by atoms with Gasteiger partial charge in [-0.2, -0.15) is 4.68 Å². The quantitative estimate of drug-likeness (QED) is 0.473. The Labute approximate surface area is 172 Å². The molecular formula is C20H18ClN5O3. The van der Waals surface area contributed by atoms with Crippen LogP contribution in [-0.2, 0) is 20.9 Å². The molecule has 2 aromatic carbocycles. The van der Waals surface area contributed by atoms with Crippen LogP contribution >= 0.6 is 11.6 Å². The minimum absolute atomic E-state index is 0.0985. The van der Waals surface area contributed by atoms with Crippen molar-refractivity contribution < 1.29 is 14.3 Å². The minimum Gasteiger partial charge on any atom is -0.451 e. The summed E-state index contributed by atoms with van der Waals surface area (Å²) in [5, 5.41) is 14.4. The standard InChI is InChI=1S/C20H18ClN5O3/c1-14-23-24-25-26(14)18(11-15-6-3-2-4-7-15)20(28)29-13-19(27)22-12-16-8-5-9-17(21)10-16/h2-11H,12-13H2,1H3,(H,22,27)/b18-11-. The molecule has 0 aliphatic rings. The van der Waals surface area contributed by atoms with E-state index < -0.39 is 18.5 Å². The van der Waals surface area contributed by atoms with Gasteiger partial charge >= 0.3 is 5.97 Å². The van der Waals surface area contributed by atoms with Crippen molar-refractivity contribution in [3.05, 3.63) is 76.6 Å². The molecule has 0 aliphatic carbocycles. The van der Waals surface area contributed by atoms with Gasteiger partial charge in [0.15, 0.2) is 18.1 Å². The van der Waals surface area contributed by atoms with Crippen LogP contribution in [0.5, 0.6) is 0 Å². The van der Waals surface area contributed by atoms with Crippen molar-refractivity contribution in [1.29, 1.82) is 0 Å². The second-order valence-corrected chi connectivity index (χ2v) is 6.50. The zero-order valence-corrected chi connectivity index (χ0v) is 16.3. The van der Waals surface area contributed by atoms with Crippen molar-refractivity contribution in [2.24, 2.45) is 0 Å². The number of amides is 1. The van der Waals surface area contributed by atoms with Crippen LogP contribution in [0.25, 0.3) is 11.8 Å². The largest absolute Gasteiger partial charge is 0.451 e. The van der Waals surface area contributed by atoms with Crippen molar-refractivity contribution in [1.82, 2.24) is 25.5 Å². The third-order valence-corrected chi connectivity index (χ3v) is 4.11. The second kappa shape index (κ2) is 9.61. The number of ether oxygens (including phenoxy) is 1. The lowest BCUT2D eigenvalue weighted by Gasteiger charge is -2.10. The van der Waals surface area contributed by atoms with Gasteiger partial charge in [-0.1, -0.05) is 54.1 Å². The number of benzene rings is 2. The number of nitrogens with zero attached hydrogens (tertiary/aromatic N) is 4. The maximum absolute atomic E-state index is 12.6. The molecule has 1 N–H and O–H groups in total. The van der Waals surface area contributed by atoms with E-state index in [0.29, 0.717) is 10.8 Å². The van der Waals surface area contributed by atoms with Crippen molar-refractivity contribution >= 4 is 35.3 Å². The molecule has 3 aromatic rings. The van der Waals surface area contributed by atoms with E-state index in [1.165, 1.54) is 4.68 Å². The van der Waals surface area contributed by atoms with E-state index in [0.717, 1.165) is 11.1 Å². The fourth-order valence-corrected chi connectivity index (χ4v) is 2.68. The van der Waals surface area contributed by atoms with E-state index in [4.69, 9.17) is 16.3 Å². The molecule has 8 nitrogen and oxygen atoms in total. The summed E-state index contributed by atoms with van der Waals surface area (Å²) in [5.41, 5.74) is 1.70. The first-order chi connectivity index (χ1) is 14.0. The van der Waals surface area contributed by atoms with Crippen LogP contribution < -0.4 is 5.32 Å². The van der Waals surface area contributed by atoms with E-state index in [-0.39, 0.29) is 12.2 Å². The van der Waals surface area contributed by atoms with Gasteiger partial charge in [-0.15, -0.1) is 5.10 Å². The van der Waals surface area contributed by atoms with Gasteiger partial charge in [0.1, 0.15) is 0 Å². The van der Waals surface area contributed by atoms with Crippen molar-refractivity contribution in [3.63, 3.8) is 0 Å². The van der Waals surface area contributed by atoms with E-state index in [2.05, 4.69) is 20.8 Å². The molecule has 148 valence electrons. The van der Waals surface area contributed by atoms with Crippen molar-refractivity contribution in [2.45, 2.75) is 13.5 Å². The Balaban J connectivity index is 1.65. The van der Waals surface area contributed by atoms with Crippen LogP contribution in [0.1, 0.15) is 17.0 Å². The fraction of sp³-hybridized carbons (Fsp3) is 0.150. The predicted molar refractivity (Wildman–Crippen MR) is 107 cm³/mol. The summed E-state index contributed by atoms with van der Waals surface area (Å²) in [6.07, 6.45) is 1.59. The molecule has 0 bridgehead atoms. The molecule has 0 fully saturated rings. The molecule has 0 spiro atoms. The third kappa shape index (κ3) is 5.73. The molecule has 0 aliphatic heterocycles. The number of aryl methyl sites for hydroxylation is 1. The molecule has 0 saturated carbocycles. The number of esters is 1. The molecule has 9 heteroatoms. The number of aromatic nitrogens is 4. The van der Waals surface area contributed by atoms with Crippen LogP contribution in [0.2, 0.25) is 5.02 Å². The number of rotatable bonds is 7. The number of carbonyl (C=O) groups excluding carboxylic acids is 2. The van der Waals surface area contributed by atoms with Gasteiger partial charge in [-0.05, 0) is 46.7 Å². The summed E-state index contributed by atoms with van der Waals surface area (Å²) in [6, 6.07) is 16.3. The lowest BCUT2D eigenvalue weighted by atomic mass is 10.2. The first-order valence-corrected chi connectivity index (χ1v) is 9.11. The molecule has 1 heterocycles. The summed E-state index contributed by atoms with van der Waals surface area (Å²) in [6.45, 7) is 1.49. The molecule has 0 radical (unpaired) electrons. The monoisotopic (exact) mass is 411 g/mol. The van der Waals surface area contributed by atoms with E-state index >= 15 is 0 Å². The molecular weight excluding hydrogens is 394 g/mol. The Kier molecular flexibility index (Phi) is 6.70. The number of hydrogen-bond donors (Lipinski definition) is 1. The number of carbonyl (C=O) groups is 2. The highest BCUT2D eigenvalue weighted by atomic mass is 35.5. The molecule has 1 amide bonds. The molecule has 1 aromatic heterocycles. The van der Waals surface area contributed by atoms with Crippen molar-refractivity contribution in [2.75, 3.05) is 6.61 Å². The minimum atomic E-state index is -0.720. The van der Waals surface area contributed by atoms with Gasteiger partial charge in [-0.25, -0.2) is 4.79 Å². The molecule has 29 heavy (non-hydrogen) atoms. The Morgan fingerprint density at radius 2 is 1.97 bits per heavy atom. The third-order valence-electron chi connectivity index (χ3n) is 3.88. The van der Waals surface area contributed by atoms with Gasteiger partial charge in [0.05, 0.1) is 0 Å². The first kappa shape index (κ1) is 20.2. The number of tetrazole rings is 1. The SMILES string of the molecule is Cc1nnnn1/C(=C\c1ccccc1)C(=O)OCC(=O)NCc1cccc(Cl)c1. The molecule has 3 rings (SSSR count). The van der Waals surface area contributed by atoms with Gasteiger partial charge in [0.2, 0.25) is 0 Å². The number of nitrogens with one attached hydrogen (secondary N) is 1. The van der Waals surface area contributed by atoms with E-state index in [9.17, 15) is 9.59 Å². The lowest BCUT2D eigenvalue weighted by Crippen LogP contribution is -2.29. The molecule has 0 saturated heterocycles. The zero-order valence-electron chi connectivity index (χ0n) is 15.6. The highest BCUT2D eigenvalue weighted by molar-refractivity contribution is 6.30. The Morgan fingerprint density at radius 1 is 1.17 bits per heavy atom. The predicted octanol–water partition coefficient (Wildman–Crippen LogP) is 2.49. The summed E-state index contributed by atoms with van der Waals surface area (Å²) in [5.74, 6) is -0.748. The van der Waals surface area contributed by atoms with Crippen molar-refractivity contribution in [3.8, 4) is 0 Å². The zero-order chi connectivity index (χ0) is 20.6. The highest BCUT2D eigenvalue weighted by Gasteiger charge is 2.19. The van der Waals surface area contributed by atoms with Crippen LogP contribution in [-0.4, -0.2) is 38.7 Å². The van der Waals surface area contributed by atoms with Crippen LogP contribution in [0, 0.1) is 6.92 Å². The topological polar surface area (TPSA) is 99.0 Å². The smallest absolute Gasteiger partial charge is 0.357 e. The van der Waals surface area contributed by atoms with Gasteiger partial charge < -0.3 is 10.1 Å². The van der Waals surface area contributed by atoms with Gasteiger partial charge in [-0.3, -0.25) is 4.79 Å². The summed E-state index contributed by atoms with van der Waals surface area (Å²) in [4.78, 5) is 24.7. The summed E-state index contributed by atoms with van der Waals surface area (Å²) < 4.78 is 6.43. The Morgan fingerprint density at radius 3 is 2.66 bits per heavy atom. The van der Waals surface area contributed by atoms with Gasteiger partial charge in [0.25, 0.3) is 5.91 Å². The average molecular weight is 412 g/mol. The number of halogens is 1. The summed E-state index contributed by atoms with van der Waals surface area (Å²) in [7, 11) is 0. The van der Waals surface area contributed by atoms with E-state index in [1.54, 1.807) is 31.2 Å². The van der Waals surface area contributed by atoms with Gasteiger partial charge in [0, 0.05) is 11.6 Å². The Bertz CT molecular complexity index is 1030. The van der Waals surface area contributed by atoms with Crippen LogP contribution in [0.3, 0.4) is 0 Å². The molecule has 0 unspecified atom stereocenters. The van der Waals surface area contributed by atoms with Crippen LogP contribution in [0.4, 0.5) is 0 Å². The normalized spacial score (nSPS) is 11.2. The summed E-state index contributed by atoms with van der Waals surface area (Å²) >= 11 is 5.92. The van der Waals surface area contributed by atoms with Crippen LogP contribution in [0.15, 0.2) is 54.6 Å². The average Bonchev–Trinajstić information content (AvgIpc) is 3.15. The maximum Gasteiger partial charge on any atom is 0.357 e. The highest BCUT2D eigenvalue weighted by Crippen LogP contribution is 2.14.